The number of ether oxygens (including phenoxy) is 4. The van der Waals surface area contributed by atoms with E-state index < -0.39 is 83.7 Å². The second-order valence-electron chi connectivity index (χ2n) is 24.9. The molecule has 1 radical (unpaired) electrons. The van der Waals surface area contributed by atoms with E-state index in [1.165, 1.54) is 24.3 Å². The second-order valence-corrected chi connectivity index (χ2v) is 30.4. The summed E-state index contributed by atoms with van der Waals surface area (Å²) in [6.45, 7) is 15.0. The maximum atomic E-state index is 16.3. The molecule has 11 aromatic carbocycles. The molecule has 30 heteroatoms. The molecule has 0 atom stereocenters. The van der Waals surface area contributed by atoms with E-state index in [1.807, 2.05) is 55.4 Å². The summed E-state index contributed by atoms with van der Waals surface area (Å²) in [6, 6.07) is 33.1. The molecule has 0 bridgehead atoms. The molecular formula is C72H54N2Na4O20S4-. The van der Waals surface area contributed by atoms with Gasteiger partial charge in [-0.2, -0.15) is 0 Å². The van der Waals surface area contributed by atoms with Crippen LogP contribution in [0.25, 0.3) is 43.1 Å². The van der Waals surface area contributed by atoms with Gasteiger partial charge in [-0.25, -0.2) is 43.5 Å². The van der Waals surface area contributed by atoms with Crippen LogP contribution < -0.4 is 117 Å². The minimum atomic E-state index is -5.06. The summed E-state index contributed by atoms with van der Waals surface area (Å²) in [5.41, 5.74) is 2.07. The van der Waals surface area contributed by atoms with Gasteiger partial charge in [0.05, 0.1) is 53.2 Å². The number of benzene rings is 11. The summed E-state index contributed by atoms with van der Waals surface area (Å²) >= 11 is 0. The third-order valence-electron chi connectivity index (χ3n) is 17.4. The molecule has 11 aromatic rings. The van der Waals surface area contributed by atoms with Crippen molar-refractivity contribution < 1.29 is 179 Å². The number of para-hydroxylation sites is 2. The number of anilines is 2. The molecule has 2 heterocycles. The predicted molar refractivity (Wildman–Crippen MR) is 363 cm³/mol. The molecule has 2 aliphatic rings. The van der Waals surface area contributed by atoms with Crippen molar-refractivity contribution in [2.45, 2.75) is 98.6 Å². The Kier molecular flexibility index (Phi) is 23.2. The van der Waals surface area contributed by atoms with Crippen molar-refractivity contribution in [2.75, 3.05) is 9.80 Å². The summed E-state index contributed by atoms with van der Waals surface area (Å²) in [4.78, 5) is 64.5. The summed E-state index contributed by atoms with van der Waals surface area (Å²) < 4.78 is 176. The van der Waals surface area contributed by atoms with Crippen LogP contribution in [0.2, 0.25) is 0 Å². The third-order valence-corrected chi connectivity index (χ3v) is 20.8. The quantitative estimate of drug-likeness (QED) is 0.0348. The van der Waals surface area contributed by atoms with Gasteiger partial charge in [0.15, 0.2) is 0 Å². The second kappa shape index (κ2) is 29.6. The maximum Gasteiger partial charge on any atom is 1.00 e. The van der Waals surface area contributed by atoms with E-state index in [9.17, 15) is 51.9 Å². The van der Waals surface area contributed by atoms with Gasteiger partial charge in [-0.1, -0.05) is 91.8 Å². The monoisotopic (exact) mass is 1490 g/mol. The topological polar surface area (TPSA) is 340 Å². The van der Waals surface area contributed by atoms with Gasteiger partial charge in [0.2, 0.25) is 0 Å². The first kappa shape index (κ1) is 79.9. The first-order valence-corrected chi connectivity index (χ1v) is 36.1. The number of carbonyl (C=O) groups is 4. The van der Waals surface area contributed by atoms with Crippen LogP contribution in [0.4, 0.5) is 11.4 Å². The van der Waals surface area contributed by atoms with E-state index in [-0.39, 0.29) is 265 Å². The number of fused-ring (bicyclic) bond motifs is 2. The molecule has 0 N–H and O–H groups in total. The molecule has 0 aliphatic carbocycles. The summed E-state index contributed by atoms with van der Waals surface area (Å²) in [5, 5.41) is -0.738. The van der Waals surface area contributed by atoms with E-state index in [2.05, 4.69) is 0 Å². The number of hydrogen-bond donors (Lipinski definition) is 0. The zero-order chi connectivity index (χ0) is 70.3. The Hall–Kier alpha value is -6.16. The van der Waals surface area contributed by atoms with Crippen LogP contribution in [0.1, 0.15) is 143 Å². The van der Waals surface area contributed by atoms with Gasteiger partial charge in [-0.05, 0) is 167 Å². The average Bonchev–Trinajstić information content (AvgIpc) is 0.670. The molecular weight excluding hydrogens is 1430 g/mol. The number of nitrogens with zero attached hydrogens (tertiary/aromatic N) is 2. The van der Waals surface area contributed by atoms with Crippen LogP contribution in [0.15, 0.2) is 177 Å². The van der Waals surface area contributed by atoms with Gasteiger partial charge >= 0.3 is 88.7 Å². The number of hydrogen-bond acceptors (Lipinski definition) is 20. The van der Waals surface area contributed by atoms with Gasteiger partial charge in [0.25, 0.3) is 23.6 Å². The summed E-state index contributed by atoms with van der Waals surface area (Å²) in [7, 11) is -20.2. The fourth-order valence-corrected chi connectivity index (χ4v) is 14.9. The molecule has 0 saturated carbocycles. The Morgan fingerprint density at radius 2 is 0.480 bits per heavy atom. The Balaban J connectivity index is 0.00000302. The zero-order valence-electron chi connectivity index (χ0n) is 57.0. The largest absolute Gasteiger partial charge is 1.00 e. The van der Waals surface area contributed by atoms with Gasteiger partial charge in [-0.3, -0.25) is 19.2 Å². The van der Waals surface area contributed by atoms with Crippen molar-refractivity contribution >= 4 is 148 Å². The van der Waals surface area contributed by atoms with Crippen LogP contribution in [-0.2, 0) is 40.5 Å². The fourth-order valence-electron chi connectivity index (χ4n) is 13.0. The number of amides is 4. The summed E-state index contributed by atoms with van der Waals surface area (Å²) in [6.07, 6.45) is 0. The van der Waals surface area contributed by atoms with Crippen molar-refractivity contribution in [2.24, 2.45) is 0 Å². The average molecular weight is 1490 g/mol. The fraction of sp³-hybridized carbons (Fsp3) is 0.167. The number of rotatable bonds is 18. The van der Waals surface area contributed by atoms with Gasteiger partial charge in [-0.15, -0.1) is 0 Å². The zero-order valence-corrected chi connectivity index (χ0v) is 68.3. The molecule has 0 spiro atoms. The van der Waals surface area contributed by atoms with E-state index in [0.29, 0.717) is 22.3 Å². The van der Waals surface area contributed by atoms with E-state index >= 15 is 19.2 Å². The van der Waals surface area contributed by atoms with E-state index in [1.54, 1.807) is 36.4 Å². The smallest absolute Gasteiger partial charge is 0.744 e. The number of imide groups is 2. The minimum Gasteiger partial charge on any atom is -0.744 e. The van der Waals surface area contributed by atoms with E-state index in [4.69, 9.17) is 18.9 Å². The van der Waals surface area contributed by atoms with Crippen molar-refractivity contribution in [1.82, 2.24) is 0 Å². The van der Waals surface area contributed by atoms with Crippen LogP contribution in [-0.4, -0.2) is 105 Å². The normalized spacial score (nSPS) is 13.3. The Labute approximate surface area is 675 Å². The van der Waals surface area contributed by atoms with Gasteiger partial charge < -0.3 is 37.2 Å². The Morgan fingerprint density at radius 3 is 0.647 bits per heavy atom. The van der Waals surface area contributed by atoms with Crippen LogP contribution in [0.3, 0.4) is 0 Å². The summed E-state index contributed by atoms with van der Waals surface area (Å²) in [5.74, 6) is -6.53. The molecule has 4 amide bonds. The van der Waals surface area contributed by atoms with E-state index in [0.717, 1.165) is 107 Å². The molecule has 501 valence electrons. The number of carbonyl (C=O) groups excluding carboxylic acids is 4. The molecule has 0 unspecified atom stereocenters. The molecule has 0 fully saturated rings. The standard InChI is InChI=1S/C72H58N2O20S4.4Na/c1-35(2)47-11-9-12-48(36(3)4)67(47)73-69(75)51-31-55(91-39-15-23-43(24-16-39)95(79,80)81)61-63-57(93-41-19-27-45(28-20-41)97(85,86)87)33-53-60-54(72(78)74(71(53)77)68-49(37(5)6)13-10-14-50(68)38(7)8)34-58(94-42-21-29-46(30-22-42)98(88,89)90)64(66(60)63)62-56(32-52(70(73)76)59(51)65(61)62)92-40-17-25-44(26-18-40)96(82,83)84;;;;/h9-38H,1-8H3,(H,79,80,81)(H,82,83,84)(H,85,86,87)(H,88,89,90);;;;/q;;3*+1/p-4. The van der Waals surface area contributed by atoms with Gasteiger partial charge in [0.1, 0.15) is 86.5 Å². The van der Waals surface area contributed by atoms with Crippen LogP contribution in [0.5, 0.6) is 46.0 Å². The molecule has 2 aliphatic heterocycles. The van der Waals surface area contributed by atoms with Crippen LogP contribution in [0, 0.1) is 0 Å². The predicted octanol–water partition coefficient (Wildman–Crippen LogP) is 5.25. The molecule has 22 nitrogen and oxygen atoms in total. The SMILES string of the molecule is CC(C)c1cccc(C(C)C)c1N1C(=O)c2cc(Oc3ccc(S(=O)(=O)[O-])cc3)c3c4c(Oc5ccc(S(=O)(=O)[O-])cc5)cc5c6c(cc(Oc7ccc(S(=O)(=O)[O-])cc7)c(c7c(Oc8ccc(S(=O)(=O)[O-])cc8)cc(c2c37)C1=O)c64)C(=O)N(c1c(C(C)C)cccc1C(C)C)C5=O.[Na+].[Na+].[Na+].[Na]. The molecule has 13 rings (SSSR count). The first-order chi connectivity index (χ1) is 46.1. The van der Waals surface area contributed by atoms with Crippen molar-refractivity contribution in [3.63, 3.8) is 0 Å². The van der Waals surface area contributed by atoms with Crippen molar-refractivity contribution in [3.8, 4) is 46.0 Å². The first-order valence-electron chi connectivity index (χ1n) is 30.5. The Bertz CT molecular complexity index is 5090. The molecule has 0 aromatic heterocycles. The molecule has 102 heavy (non-hydrogen) atoms. The minimum absolute atomic E-state index is 0. The third kappa shape index (κ3) is 14.3. The maximum absolute atomic E-state index is 16.3. The van der Waals surface area contributed by atoms with Crippen LogP contribution >= 0.6 is 0 Å². The Morgan fingerprint density at radius 1 is 0.294 bits per heavy atom. The van der Waals surface area contributed by atoms with Gasteiger partial charge in [0, 0.05) is 72.6 Å². The molecule has 0 saturated heterocycles. The van der Waals surface area contributed by atoms with Crippen molar-refractivity contribution in [1.29, 1.82) is 0 Å². The van der Waals surface area contributed by atoms with Crippen molar-refractivity contribution in [3.05, 3.63) is 202 Å².